The van der Waals surface area contributed by atoms with E-state index in [1.54, 1.807) is 27.7 Å². The van der Waals surface area contributed by atoms with Gasteiger partial charge in [0.15, 0.2) is 0 Å². The first-order valence-corrected chi connectivity index (χ1v) is 16.6. The maximum absolute atomic E-state index is 12.8. The molecule has 0 saturated heterocycles. The van der Waals surface area contributed by atoms with Crippen molar-refractivity contribution in [3.05, 3.63) is 0 Å². The molecule has 4 N–H and O–H groups in total. The van der Waals surface area contributed by atoms with Crippen LogP contribution >= 0.6 is 72.1 Å². The SMILES string of the molecule is CC(C)(S)CNC(=O)C(CCSSCCC(NC(=O)C(C)(C)S)C(=O)NCC(C)(C)S)NC(=O)C(C)(C)S. The number of hydrogen-bond acceptors (Lipinski definition) is 10. The monoisotopic (exact) mass is 646 g/mol. The minimum absolute atomic E-state index is 0.274. The summed E-state index contributed by atoms with van der Waals surface area (Å²) < 4.78 is -2.62. The van der Waals surface area contributed by atoms with Crippen molar-refractivity contribution < 1.29 is 19.2 Å². The lowest BCUT2D eigenvalue weighted by Crippen LogP contribution is -2.52. The number of carbonyl (C=O) groups is 4. The second-order valence-electron chi connectivity index (χ2n) is 11.5. The Morgan fingerprint density at radius 2 is 0.895 bits per heavy atom. The molecule has 0 aromatic carbocycles. The highest BCUT2D eigenvalue weighted by Gasteiger charge is 2.30. The molecule has 0 bridgehead atoms. The van der Waals surface area contributed by atoms with Gasteiger partial charge >= 0.3 is 0 Å². The van der Waals surface area contributed by atoms with E-state index in [1.807, 2.05) is 27.7 Å². The Labute approximate surface area is 258 Å². The van der Waals surface area contributed by atoms with Crippen LogP contribution < -0.4 is 21.3 Å². The zero-order valence-electron chi connectivity index (χ0n) is 23.6. The average molecular weight is 647 g/mol. The first-order chi connectivity index (χ1) is 17.0. The van der Waals surface area contributed by atoms with E-state index in [1.165, 1.54) is 21.6 Å². The molecular formula is C24H46N4O4S6. The van der Waals surface area contributed by atoms with Crippen molar-refractivity contribution in [1.29, 1.82) is 0 Å². The third-order valence-corrected chi connectivity index (χ3v) is 8.00. The summed E-state index contributed by atoms with van der Waals surface area (Å²) in [6, 6.07) is -1.42. The van der Waals surface area contributed by atoms with Crippen LogP contribution in [0.5, 0.6) is 0 Å². The number of thiol groups is 4. The van der Waals surface area contributed by atoms with E-state index in [0.29, 0.717) is 37.4 Å². The van der Waals surface area contributed by atoms with Crippen molar-refractivity contribution in [3.8, 4) is 0 Å². The molecule has 222 valence electrons. The summed E-state index contributed by atoms with van der Waals surface area (Å²) in [5.41, 5.74) is 0. The van der Waals surface area contributed by atoms with Crippen LogP contribution in [0.4, 0.5) is 0 Å². The molecule has 2 atom stereocenters. The number of amides is 4. The maximum Gasteiger partial charge on any atom is 0.242 e. The Balaban J connectivity index is 4.97. The van der Waals surface area contributed by atoms with Gasteiger partial charge in [-0.25, -0.2) is 0 Å². The third kappa shape index (κ3) is 18.4. The largest absolute Gasteiger partial charge is 0.353 e. The minimum Gasteiger partial charge on any atom is -0.353 e. The second-order valence-corrected chi connectivity index (χ2v) is 18.8. The van der Waals surface area contributed by atoms with Crippen LogP contribution in [0.15, 0.2) is 0 Å². The molecule has 8 nitrogen and oxygen atoms in total. The lowest BCUT2D eigenvalue weighted by atomic mass is 10.1. The molecule has 0 aliphatic carbocycles. The molecule has 0 spiro atoms. The van der Waals surface area contributed by atoms with Crippen molar-refractivity contribution in [2.75, 3.05) is 24.6 Å². The average Bonchev–Trinajstić information content (AvgIpc) is 2.73. The summed E-state index contributed by atoms with van der Waals surface area (Å²) in [7, 11) is 3.06. The Morgan fingerprint density at radius 3 is 1.13 bits per heavy atom. The van der Waals surface area contributed by atoms with Crippen molar-refractivity contribution in [2.45, 2.75) is 99.3 Å². The number of carbonyl (C=O) groups excluding carboxylic acids is 4. The van der Waals surface area contributed by atoms with Crippen LogP contribution in [0.25, 0.3) is 0 Å². The van der Waals surface area contributed by atoms with Gasteiger partial charge in [-0.15, -0.1) is 0 Å². The number of hydrogen-bond donors (Lipinski definition) is 8. The smallest absolute Gasteiger partial charge is 0.242 e. The fourth-order valence-corrected chi connectivity index (χ4v) is 4.98. The van der Waals surface area contributed by atoms with Gasteiger partial charge < -0.3 is 21.3 Å². The molecule has 0 radical (unpaired) electrons. The highest BCUT2D eigenvalue weighted by atomic mass is 33.1. The fourth-order valence-electron chi connectivity index (χ4n) is 2.51. The van der Waals surface area contributed by atoms with Gasteiger partial charge in [-0.2, -0.15) is 50.5 Å². The molecule has 4 amide bonds. The van der Waals surface area contributed by atoms with Crippen molar-refractivity contribution >= 4 is 95.7 Å². The number of rotatable bonds is 17. The van der Waals surface area contributed by atoms with E-state index in [-0.39, 0.29) is 33.1 Å². The van der Waals surface area contributed by atoms with Gasteiger partial charge in [-0.1, -0.05) is 21.6 Å². The van der Waals surface area contributed by atoms with Crippen LogP contribution in [0.3, 0.4) is 0 Å². The maximum atomic E-state index is 12.8. The summed E-state index contributed by atoms with van der Waals surface area (Å²) in [5.74, 6) is -0.0360. The van der Waals surface area contributed by atoms with Gasteiger partial charge in [-0.05, 0) is 68.2 Å². The molecule has 14 heteroatoms. The molecule has 2 unspecified atom stereocenters. The summed E-state index contributed by atoms with van der Waals surface area (Å²) in [6.07, 6.45) is 0.829. The summed E-state index contributed by atoms with van der Waals surface area (Å²) >= 11 is 17.5. The van der Waals surface area contributed by atoms with E-state index in [4.69, 9.17) is 0 Å². The molecule has 0 aromatic heterocycles. The van der Waals surface area contributed by atoms with E-state index in [0.717, 1.165) is 0 Å². The van der Waals surface area contributed by atoms with Gasteiger partial charge in [-0.3, -0.25) is 19.2 Å². The van der Waals surface area contributed by atoms with E-state index in [2.05, 4.69) is 71.8 Å². The predicted octanol–water partition coefficient (Wildman–Crippen LogP) is 3.18. The zero-order valence-corrected chi connectivity index (χ0v) is 28.8. The van der Waals surface area contributed by atoms with Crippen molar-refractivity contribution in [2.24, 2.45) is 0 Å². The highest BCUT2D eigenvalue weighted by molar-refractivity contribution is 8.76. The first kappa shape index (κ1) is 38.0. The normalized spacial score (nSPS) is 14.3. The summed E-state index contributed by atoms with van der Waals surface area (Å²) in [4.78, 5) is 50.4. The molecular weight excluding hydrogens is 601 g/mol. The zero-order chi connectivity index (χ0) is 29.9. The standard InChI is InChI=1S/C24H46N4O4S6/c1-21(2,33)13-25-17(29)15(27-19(31)23(5,6)35)9-11-37-38-12-10-16(28-20(32)24(7,8)36)18(30)26-14-22(3,4)34/h15-16,33-36H,9-14H2,1-8H3,(H,25,29)(H,26,30)(H,27,31)(H,28,32). The molecule has 0 aromatic rings. The molecule has 0 aliphatic heterocycles. The summed E-state index contributed by atoms with van der Waals surface area (Å²) in [5, 5.41) is 11.3. The van der Waals surface area contributed by atoms with Gasteiger partial charge in [0.2, 0.25) is 23.6 Å². The van der Waals surface area contributed by atoms with E-state index < -0.39 is 21.6 Å². The lowest BCUT2D eigenvalue weighted by molar-refractivity contribution is -0.129. The number of nitrogens with one attached hydrogen (secondary N) is 4. The molecule has 38 heavy (non-hydrogen) atoms. The van der Waals surface area contributed by atoms with Crippen LogP contribution in [0.1, 0.15) is 68.2 Å². The molecule has 0 heterocycles. The summed E-state index contributed by atoms with van der Waals surface area (Å²) in [6.45, 7) is 14.9. The van der Waals surface area contributed by atoms with Crippen molar-refractivity contribution in [1.82, 2.24) is 21.3 Å². The Hall–Kier alpha value is -0.0200. The second kappa shape index (κ2) is 16.4. The van der Waals surface area contributed by atoms with Crippen LogP contribution in [-0.4, -0.2) is 79.3 Å². The van der Waals surface area contributed by atoms with Crippen molar-refractivity contribution in [3.63, 3.8) is 0 Å². The molecule has 0 aliphatic rings. The highest BCUT2D eigenvalue weighted by Crippen LogP contribution is 2.25. The van der Waals surface area contributed by atoms with Gasteiger partial charge in [0.25, 0.3) is 0 Å². The molecule has 0 fully saturated rings. The van der Waals surface area contributed by atoms with Crippen LogP contribution in [-0.2, 0) is 19.2 Å². The Morgan fingerprint density at radius 1 is 0.605 bits per heavy atom. The first-order valence-electron chi connectivity index (χ1n) is 12.3. The van der Waals surface area contributed by atoms with Crippen LogP contribution in [0, 0.1) is 0 Å². The Kier molecular flexibility index (Phi) is 16.4. The Bertz CT molecular complexity index is 736. The lowest BCUT2D eigenvalue weighted by Gasteiger charge is -2.25. The predicted molar refractivity (Wildman–Crippen MR) is 176 cm³/mol. The molecule has 0 saturated carbocycles. The van der Waals surface area contributed by atoms with E-state index >= 15 is 0 Å². The van der Waals surface area contributed by atoms with Crippen LogP contribution in [0.2, 0.25) is 0 Å². The third-order valence-electron chi connectivity index (χ3n) is 4.81. The fraction of sp³-hybridized carbons (Fsp3) is 0.833. The van der Waals surface area contributed by atoms with Gasteiger partial charge in [0, 0.05) is 34.1 Å². The molecule has 0 rings (SSSR count). The van der Waals surface area contributed by atoms with E-state index in [9.17, 15) is 19.2 Å². The quantitative estimate of drug-likeness (QED) is 0.0700. The topological polar surface area (TPSA) is 116 Å². The van der Waals surface area contributed by atoms with Gasteiger partial charge in [0.05, 0.1) is 9.49 Å². The minimum atomic E-state index is -0.924. The van der Waals surface area contributed by atoms with Gasteiger partial charge in [0.1, 0.15) is 12.1 Å².